The Labute approximate surface area is 144 Å². The minimum absolute atomic E-state index is 0.265. The molecule has 0 fully saturated rings. The molecule has 3 aromatic rings. The molecular formula is C18H19FN4O2. The maximum atomic E-state index is 13.9. The van der Waals surface area contributed by atoms with Crippen LogP contribution in [0.5, 0.6) is 11.5 Å². The Morgan fingerprint density at radius 1 is 1.20 bits per heavy atom. The zero-order valence-corrected chi connectivity index (χ0v) is 14.0. The smallest absolute Gasteiger partial charge is 0.184 e. The van der Waals surface area contributed by atoms with Gasteiger partial charge in [0, 0.05) is 0 Å². The van der Waals surface area contributed by atoms with E-state index in [9.17, 15) is 4.39 Å². The van der Waals surface area contributed by atoms with E-state index in [2.05, 4.69) is 15.2 Å². The zero-order chi connectivity index (χ0) is 17.8. The zero-order valence-electron chi connectivity index (χ0n) is 14.0. The average Bonchev–Trinajstić information content (AvgIpc) is 3.12. The van der Waals surface area contributed by atoms with Gasteiger partial charge in [0.25, 0.3) is 0 Å². The van der Waals surface area contributed by atoms with Crippen LogP contribution in [-0.2, 0) is 0 Å². The minimum Gasteiger partial charge on any atom is -0.493 e. The third kappa shape index (κ3) is 3.46. The maximum Gasteiger partial charge on any atom is 0.184 e. The number of aromatic nitrogens is 3. The molecule has 0 aliphatic rings. The van der Waals surface area contributed by atoms with E-state index in [0.717, 1.165) is 5.56 Å². The molecule has 1 atom stereocenters. The quantitative estimate of drug-likeness (QED) is 0.719. The summed E-state index contributed by atoms with van der Waals surface area (Å²) in [5, 5.41) is 6.85. The number of aromatic amines is 1. The van der Waals surface area contributed by atoms with E-state index in [4.69, 9.17) is 15.2 Å². The first-order chi connectivity index (χ1) is 12.1. The first-order valence-corrected chi connectivity index (χ1v) is 7.87. The van der Waals surface area contributed by atoms with Gasteiger partial charge in [-0.3, -0.25) is 5.10 Å². The maximum absolute atomic E-state index is 13.9. The van der Waals surface area contributed by atoms with Gasteiger partial charge in [-0.25, -0.2) is 9.37 Å². The lowest BCUT2D eigenvalue weighted by Crippen LogP contribution is -2.14. The molecule has 0 unspecified atom stereocenters. The van der Waals surface area contributed by atoms with Gasteiger partial charge in [0.2, 0.25) is 0 Å². The summed E-state index contributed by atoms with van der Waals surface area (Å²) >= 11 is 0. The molecule has 3 N–H and O–H groups in total. The molecule has 0 aliphatic heterocycles. The molecule has 0 saturated heterocycles. The predicted molar refractivity (Wildman–Crippen MR) is 92.0 cm³/mol. The van der Waals surface area contributed by atoms with Crippen molar-refractivity contribution < 1.29 is 13.9 Å². The van der Waals surface area contributed by atoms with Crippen LogP contribution in [-0.4, -0.2) is 28.9 Å². The van der Waals surface area contributed by atoms with Crippen molar-refractivity contribution in [1.29, 1.82) is 0 Å². The number of hydrogen-bond donors (Lipinski definition) is 2. The second kappa shape index (κ2) is 7.31. The normalized spacial score (nSPS) is 12.0. The number of ether oxygens (including phenoxy) is 2. The summed E-state index contributed by atoms with van der Waals surface area (Å²) in [4.78, 5) is 4.33. The Balaban J connectivity index is 1.89. The van der Waals surface area contributed by atoms with E-state index >= 15 is 0 Å². The van der Waals surface area contributed by atoms with Gasteiger partial charge in [-0.2, -0.15) is 5.10 Å². The molecule has 1 aromatic heterocycles. The van der Waals surface area contributed by atoms with Crippen molar-refractivity contribution in [3.8, 4) is 22.9 Å². The van der Waals surface area contributed by atoms with Gasteiger partial charge in [-0.15, -0.1) is 0 Å². The second-order valence-electron chi connectivity index (χ2n) is 5.35. The van der Waals surface area contributed by atoms with Gasteiger partial charge in [0.15, 0.2) is 17.3 Å². The SMILES string of the molecule is CCOc1ccc([C@H](N)c2nc(-c3ccccc3F)n[nH]2)cc1OC. The second-order valence-corrected chi connectivity index (χ2v) is 5.35. The molecule has 6 nitrogen and oxygen atoms in total. The fraction of sp³-hybridized carbons (Fsp3) is 0.222. The van der Waals surface area contributed by atoms with Crippen LogP contribution in [0.15, 0.2) is 42.5 Å². The molecule has 0 bridgehead atoms. The van der Waals surface area contributed by atoms with Crippen LogP contribution in [0.4, 0.5) is 4.39 Å². The highest BCUT2D eigenvalue weighted by Gasteiger charge is 2.18. The van der Waals surface area contributed by atoms with Gasteiger partial charge in [-0.1, -0.05) is 18.2 Å². The van der Waals surface area contributed by atoms with Crippen LogP contribution < -0.4 is 15.2 Å². The molecule has 0 saturated carbocycles. The first kappa shape index (κ1) is 16.9. The fourth-order valence-electron chi connectivity index (χ4n) is 2.49. The van der Waals surface area contributed by atoms with Gasteiger partial charge >= 0.3 is 0 Å². The topological polar surface area (TPSA) is 86.0 Å². The standard InChI is InChI=1S/C18H19FN4O2/c1-3-25-14-9-8-11(10-15(14)24-2)16(20)18-21-17(22-23-18)12-6-4-5-7-13(12)19/h4-10,16H,3,20H2,1-2H3,(H,21,22,23)/t16-/m0/s1. The Morgan fingerprint density at radius 2 is 2.00 bits per heavy atom. The highest BCUT2D eigenvalue weighted by molar-refractivity contribution is 5.55. The largest absolute Gasteiger partial charge is 0.493 e. The van der Waals surface area contributed by atoms with Crippen molar-refractivity contribution in [3.05, 3.63) is 59.7 Å². The molecule has 1 heterocycles. The van der Waals surface area contributed by atoms with Crippen LogP contribution >= 0.6 is 0 Å². The van der Waals surface area contributed by atoms with Crippen molar-refractivity contribution in [3.63, 3.8) is 0 Å². The molecule has 2 aromatic carbocycles. The van der Waals surface area contributed by atoms with Gasteiger partial charge in [-0.05, 0) is 36.8 Å². The lowest BCUT2D eigenvalue weighted by molar-refractivity contribution is 0.310. The van der Waals surface area contributed by atoms with Crippen molar-refractivity contribution in [2.75, 3.05) is 13.7 Å². The van der Waals surface area contributed by atoms with E-state index in [1.807, 2.05) is 13.0 Å². The number of H-pyrrole nitrogens is 1. The lowest BCUT2D eigenvalue weighted by Gasteiger charge is -2.13. The Hall–Kier alpha value is -2.93. The molecule has 25 heavy (non-hydrogen) atoms. The number of hydrogen-bond acceptors (Lipinski definition) is 5. The van der Waals surface area contributed by atoms with Crippen molar-refractivity contribution in [1.82, 2.24) is 15.2 Å². The molecule has 0 amide bonds. The van der Waals surface area contributed by atoms with Crippen molar-refractivity contribution in [2.45, 2.75) is 13.0 Å². The number of rotatable bonds is 6. The molecule has 0 radical (unpaired) electrons. The van der Waals surface area contributed by atoms with E-state index in [0.29, 0.717) is 29.5 Å². The number of nitrogens with one attached hydrogen (secondary N) is 1. The Kier molecular flexibility index (Phi) is 4.95. The Morgan fingerprint density at radius 3 is 2.72 bits per heavy atom. The summed E-state index contributed by atoms with van der Waals surface area (Å²) in [6, 6.07) is 11.2. The first-order valence-electron chi connectivity index (χ1n) is 7.87. The highest BCUT2D eigenvalue weighted by atomic mass is 19.1. The average molecular weight is 342 g/mol. The molecule has 0 aliphatic carbocycles. The number of benzene rings is 2. The van der Waals surface area contributed by atoms with Crippen molar-refractivity contribution >= 4 is 0 Å². The van der Waals surface area contributed by atoms with Gasteiger partial charge in [0.1, 0.15) is 11.6 Å². The Bertz CT molecular complexity index is 866. The van der Waals surface area contributed by atoms with Crippen molar-refractivity contribution in [2.24, 2.45) is 5.73 Å². The van der Waals surface area contributed by atoms with Crippen LogP contribution in [0.3, 0.4) is 0 Å². The van der Waals surface area contributed by atoms with E-state index in [-0.39, 0.29) is 11.6 Å². The monoisotopic (exact) mass is 342 g/mol. The number of nitrogens with zero attached hydrogens (tertiary/aromatic N) is 2. The summed E-state index contributed by atoms with van der Waals surface area (Å²) < 4.78 is 24.7. The molecule has 130 valence electrons. The summed E-state index contributed by atoms with van der Waals surface area (Å²) in [5.41, 5.74) is 7.36. The molecule has 0 spiro atoms. The number of halogens is 1. The third-order valence-corrected chi connectivity index (χ3v) is 3.76. The lowest BCUT2D eigenvalue weighted by atomic mass is 10.1. The van der Waals surface area contributed by atoms with Gasteiger partial charge in [0.05, 0.1) is 25.3 Å². The van der Waals surface area contributed by atoms with Crippen LogP contribution in [0, 0.1) is 5.82 Å². The summed E-state index contributed by atoms with van der Waals surface area (Å²) in [6.07, 6.45) is 0. The molecule has 3 rings (SSSR count). The highest BCUT2D eigenvalue weighted by Crippen LogP contribution is 2.31. The van der Waals surface area contributed by atoms with E-state index in [1.165, 1.54) is 6.07 Å². The number of methoxy groups -OCH3 is 1. The molecule has 7 heteroatoms. The summed E-state index contributed by atoms with van der Waals surface area (Å²) in [6.45, 7) is 2.44. The molecular weight excluding hydrogens is 323 g/mol. The van der Waals surface area contributed by atoms with Crippen LogP contribution in [0.25, 0.3) is 11.4 Å². The van der Waals surface area contributed by atoms with Gasteiger partial charge < -0.3 is 15.2 Å². The summed E-state index contributed by atoms with van der Waals surface area (Å²) in [7, 11) is 1.57. The van der Waals surface area contributed by atoms with E-state index < -0.39 is 6.04 Å². The van der Waals surface area contributed by atoms with E-state index in [1.54, 1.807) is 37.4 Å². The fourth-order valence-corrected chi connectivity index (χ4v) is 2.49. The van der Waals surface area contributed by atoms with Crippen LogP contribution in [0.2, 0.25) is 0 Å². The predicted octanol–water partition coefficient (Wildman–Crippen LogP) is 3.07. The third-order valence-electron chi connectivity index (χ3n) is 3.76. The summed E-state index contributed by atoms with van der Waals surface area (Å²) in [5.74, 6) is 1.55. The van der Waals surface area contributed by atoms with Crippen LogP contribution in [0.1, 0.15) is 24.4 Å². The minimum atomic E-state index is -0.558. The number of nitrogens with two attached hydrogens (primary N) is 1.